The Hall–Kier alpha value is -3.84. The predicted molar refractivity (Wildman–Crippen MR) is 135 cm³/mol. The van der Waals surface area contributed by atoms with E-state index >= 15 is 0 Å². The molecule has 0 aliphatic carbocycles. The van der Waals surface area contributed by atoms with Crippen molar-refractivity contribution in [1.82, 2.24) is 4.90 Å². The lowest BCUT2D eigenvalue weighted by Gasteiger charge is -2.37. The number of piperazine rings is 1. The standard InChI is InChI=1S/C27H30N4O3/c1-34-27(33)25-23(28)13-8-14-24(25)31(26(32)21-9-4-2-5-10-21)20-17-29-15-18-30(19-16-29)22-11-6-3-7-12-22/h2-14H,15-20,28H2,1H3. The lowest BCUT2D eigenvalue weighted by Crippen LogP contribution is -2.49. The second-order valence-electron chi connectivity index (χ2n) is 8.22. The highest BCUT2D eigenvalue weighted by Crippen LogP contribution is 2.28. The minimum atomic E-state index is -0.560. The number of nitrogens with zero attached hydrogens (tertiary/aromatic N) is 3. The normalized spacial score (nSPS) is 14.0. The number of esters is 1. The van der Waals surface area contributed by atoms with Gasteiger partial charge >= 0.3 is 5.97 Å². The van der Waals surface area contributed by atoms with Gasteiger partial charge in [0.25, 0.3) is 5.91 Å². The second kappa shape index (κ2) is 10.9. The van der Waals surface area contributed by atoms with E-state index in [1.165, 1.54) is 12.8 Å². The summed E-state index contributed by atoms with van der Waals surface area (Å²) in [5.74, 6) is -0.741. The molecule has 1 heterocycles. The average Bonchev–Trinajstić information content (AvgIpc) is 2.89. The maximum atomic E-state index is 13.5. The monoisotopic (exact) mass is 458 g/mol. The van der Waals surface area contributed by atoms with Crippen LogP contribution in [-0.2, 0) is 4.74 Å². The largest absolute Gasteiger partial charge is 0.465 e. The van der Waals surface area contributed by atoms with Crippen LogP contribution in [0.15, 0.2) is 78.9 Å². The van der Waals surface area contributed by atoms with Crippen molar-refractivity contribution in [2.45, 2.75) is 0 Å². The molecule has 0 spiro atoms. The molecule has 3 aromatic rings. The summed E-state index contributed by atoms with van der Waals surface area (Å²) in [5.41, 5.74) is 8.86. The Labute approximate surface area is 200 Å². The number of benzene rings is 3. The summed E-state index contributed by atoms with van der Waals surface area (Å²) in [6, 6.07) is 24.6. The maximum Gasteiger partial charge on any atom is 0.342 e. The van der Waals surface area contributed by atoms with Gasteiger partial charge in [-0.05, 0) is 36.4 Å². The topological polar surface area (TPSA) is 79.1 Å². The SMILES string of the molecule is COC(=O)c1c(N)cccc1N(CCN1CCN(c2ccccc2)CC1)C(=O)c1ccccc1. The van der Waals surface area contributed by atoms with E-state index in [0.717, 1.165) is 26.2 Å². The highest BCUT2D eigenvalue weighted by molar-refractivity contribution is 6.11. The molecule has 1 aliphatic heterocycles. The van der Waals surface area contributed by atoms with Crippen LogP contribution in [0.3, 0.4) is 0 Å². The molecule has 0 bridgehead atoms. The van der Waals surface area contributed by atoms with E-state index in [9.17, 15) is 9.59 Å². The van der Waals surface area contributed by atoms with E-state index in [1.54, 1.807) is 35.2 Å². The third-order valence-electron chi connectivity index (χ3n) is 6.15. The molecule has 0 radical (unpaired) electrons. The zero-order chi connectivity index (χ0) is 23.9. The number of hydrogen-bond donors (Lipinski definition) is 1. The van der Waals surface area contributed by atoms with Crippen LogP contribution in [0, 0.1) is 0 Å². The van der Waals surface area contributed by atoms with Crippen LogP contribution in [0.4, 0.5) is 17.1 Å². The summed E-state index contributed by atoms with van der Waals surface area (Å²) >= 11 is 0. The Balaban J connectivity index is 1.53. The van der Waals surface area contributed by atoms with Gasteiger partial charge in [0.15, 0.2) is 0 Å². The first-order valence-corrected chi connectivity index (χ1v) is 11.4. The fourth-order valence-electron chi connectivity index (χ4n) is 4.28. The van der Waals surface area contributed by atoms with Gasteiger partial charge in [0.1, 0.15) is 5.56 Å². The van der Waals surface area contributed by atoms with Crippen molar-refractivity contribution in [1.29, 1.82) is 0 Å². The Morgan fingerprint density at radius 3 is 2.18 bits per heavy atom. The van der Waals surface area contributed by atoms with Gasteiger partial charge in [0, 0.05) is 56.2 Å². The number of amides is 1. The molecular weight excluding hydrogens is 428 g/mol. The molecule has 176 valence electrons. The molecule has 0 aromatic heterocycles. The van der Waals surface area contributed by atoms with Gasteiger partial charge in [-0.25, -0.2) is 4.79 Å². The van der Waals surface area contributed by atoms with Crippen molar-refractivity contribution < 1.29 is 14.3 Å². The molecule has 2 N–H and O–H groups in total. The van der Waals surface area contributed by atoms with Gasteiger partial charge in [-0.1, -0.05) is 42.5 Å². The number of nitrogens with two attached hydrogens (primary N) is 1. The van der Waals surface area contributed by atoms with Gasteiger partial charge in [0.05, 0.1) is 12.8 Å². The van der Waals surface area contributed by atoms with E-state index in [1.807, 2.05) is 24.3 Å². The summed E-state index contributed by atoms with van der Waals surface area (Å²) in [4.78, 5) is 32.4. The maximum absolute atomic E-state index is 13.5. The minimum Gasteiger partial charge on any atom is -0.465 e. The molecule has 34 heavy (non-hydrogen) atoms. The van der Waals surface area contributed by atoms with Gasteiger partial charge < -0.3 is 20.3 Å². The van der Waals surface area contributed by atoms with Gasteiger partial charge in [-0.2, -0.15) is 0 Å². The number of rotatable bonds is 7. The zero-order valence-electron chi connectivity index (χ0n) is 19.4. The summed E-state index contributed by atoms with van der Waals surface area (Å²) in [6.45, 7) is 4.72. The predicted octanol–water partition coefficient (Wildman–Crippen LogP) is 3.52. The van der Waals surface area contributed by atoms with Crippen molar-refractivity contribution in [2.24, 2.45) is 0 Å². The first kappa shape index (κ1) is 23.3. The average molecular weight is 459 g/mol. The number of nitrogen functional groups attached to an aromatic ring is 1. The third kappa shape index (κ3) is 5.21. The lowest BCUT2D eigenvalue weighted by molar-refractivity contribution is 0.0602. The van der Waals surface area contributed by atoms with Gasteiger partial charge in [0.2, 0.25) is 0 Å². The molecule has 1 saturated heterocycles. The Kier molecular flexibility index (Phi) is 7.44. The molecule has 7 heteroatoms. The van der Waals surface area contributed by atoms with Crippen molar-refractivity contribution in [3.63, 3.8) is 0 Å². The highest BCUT2D eigenvalue weighted by Gasteiger charge is 2.26. The molecule has 1 amide bonds. The van der Waals surface area contributed by atoms with Crippen LogP contribution in [0.2, 0.25) is 0 Å². The van der Waals surface area contributed by atoms with Crippen LogP contribution in [0.25, 0.3) is 0 Å². The third-order valence-corrected chi connectivity index (χ3v) is 6.15. The van der Waals surface area contributed by atoms with E-state index < -0.39 is 5.97 Å². The minimum absolute atomic E-state index is 0.181. The number of carbonyl (C=O) groups is 2. The van der Waals surface area contributed by atoms with Crippen LogP contribution in [-0.4, -0.2) is 63.2 Å². The van der Waals surface area contributed by atoms with Crippen molar-refractivity contribution in [3.05, 3.63) is 90.0 Å². The smallest absolute Gasteiger partial charge is 0.342 e. The van der Waals surface area contributed by atoms with Crippen molar-refractivity contribution in [3.8, 4) is 0 Å². The highest BCUT2D eigenvalue weighted by atomic mass is 16.5. The molecule has 0 saturated carbocycles. The van der Waals surface area contributed by atoms with Gasteiger partial charge in [-0.15, -0.1) is 0 Å². The van der Waals surface area contributed by atoms with Crippen molar-refractivity contribution >= 4 is 28.9 Å². The van der Waals surface area contributed by atoms with Crippen LogP contribution in [0.5, 0.6) is 0 Å². The fourth-order valence-corrected chi connectivity index (χ4v) is 4.28. The number of ether oxygens (including phenoxy) is 1. The quantitative estimate of drug-likeness (QED) is 0.431. The Bertz CT molecular complexity index is 1110. The summed E-state index contributed by atoms with van der Waals surface area (Å²) in [6.07, 6.45) is 0. The lowest BCUT2D eigenvalue weighted by atomic mass is 10.1. The number of carbonyl (C=O) groups excluding carboxylic acids is 2. The van der Waals surface area contributed by atoms with Gasteiger partial charge in [-0.3, -0.25) is 9.69 Å². The van der Waals surface area contributed by atoms with E-state index in [-0.39, 0.29) is 17.2 Å². The molecule has 7 nitrogen and oxygen atoms in total. The van der Waals surface area contributed by atoms with E-state index in [0.29, 0.717) is 24.3 Å². The number of methoxy groups -OCH3 is 1. The molecule has 0 atom stereocenters. The van der Waals surface area contributed by atoms with Crippen LogP contribution < -0.4 is 15.5 Å². The summed E-state index contributed by atoms with van der Waals surface area (Å²) in [5, 5.41) is 0. The molecule has 1 fully saturated rings. The molecule has 3 aromatic carbocycles. The van der Waals surface area contributed by atoms with Crippen LogP contribution >= 0.6 is 0 Å². The van der Waals surface area contributed by atoms with Crippen LogP contribution in [0.1, 0.15) is 20.7 Å². The molecular formula is C27H30N4O3. The molecule has 4 rings (SSSR count). The van der Waals surface area contributed by atoms with E-state index in [2.05, 4.69) is 34.1 Å². The first-order chi connectivity index (χ1) is 16.6. The first-order valence-electron chi connectivity index (χ1n) is 11.4. The van der Waals surface area contributed by atoms with Crippen molar-refractivity contribution in [2.75, 3.05) is 61.9 Å². The molecule has 1 aliphatic rings. The summed E-state index contributed by atoms with van der Waals surface area (Å²) < 4.78 is 4.97. The summed E-state index contributed by atoms with van der Waals surface area (Å²) in [7, 11) is 1.31. The second-order valence-corrected chi connectivity index (χ2v) is 8.22. The number of anilines is 3. The molecule has 0 unspecified atom stereocenters. The fraction of sp³-hybridized carbons (Fsp3) is 0.259. The van der Waals surface area contributed by atoms with E-state index in [4.69, 9.17) is 10.5 Å². The zero-order valence-corrected chi connectivity index (χ0v) is 19.4. The number of para-hydroxylation sites is 1. The Morgan fingerprint density at radius 1 is 0.882 bits per heavy atom. The Morgan fingerprint density at radius 2 is 1.53 bits per heavy atom. The number of hydrogen-bond acceptors (Lipinski definition) is 6.